The van der Waals surface area contributed by atoms with E-state index >= 15 is 0 Å². The number of nitrogens with one attached hydrogen (secondary N) is 2. The molecule has 2 aliphatic rings. The average Bonchev–Trinajstić information content (AvgIpc) is 3.25. The highest BCUT2D eigenvalue weighted by molar-refractivity contribution is 5.95. The van der Waals surface area contributed by atoms with Gasteiger partial charge in [0.1, 0.15) is 0 Å². The predicted molar refractivity (Wildman–Crippen MR) is 151 cm³/mol. The van der Waals surface area contributed by atoms with Crippen LogP contribution in [-0.4, -0.2) is 75.7 Å². The Morgan fingerprint density at radius 2 is 1.88 bits per heavy atom. The van der Waals surface area contributed by atoms with Gasteiger partial charge >= 0.3 is 12.3 Å². The van der Waals surface area contributed by atoms with Crippen LogP contribution in [0.15, 0.2) is 24.4 Å². The number of nitrogens with zero attached hydrogens (tertiary/aromatic N) is 5. The smallest absolute Gasteiger partial charge is 0.461 e. The van der Waals surface area contributed by atoms with Crippen LogP contribution in [0, 0.1) is 0 Å². The number of benzene rings is 1. The third-order valence-corrected chi connectivity index (χ3v) is 7.74. The number of anilines is 2. The fourth-order valence-corrected chi connectivity index (χ4v) is 5.57. The molecule has 1 saturated heterocycles. The van der Waals surface area contributed by atoms with Crippen molar-refractivity contribution >= 4 is 23.5 Å². The van der Waals surface area contributed by atoms with E-state index < -0.39 is 29.4 Å². The van der Waals surface area contributed by atoms with Gasteiger partial charge in [0.25, 0.3) is 5.91 Å². The number of hydrogen-bond donors (Lipinski definition) is 2. The van der Waals surface area contributed by atoms with Gasteiger partial charge in [-0.1, -0.05) is 13.8 Å². The van der Waals surface area contributed by atoms with Gasteiger partial charge in [0.05, 0.1) is 23.7 Å². The molecule has 0 bridgehead atoms. The van der Waals surface area contributed by atoms with Gasteiger partial charge in [0, 0.05) is 36.0 Å². The molecule has 11 nitrogen and oxygen atoms in total. The molecule has 0 atom stereocenters. The first-order chi connectivity index (χ1) is 20.3. The van der Waals surface area contributed by atoms with Crippen molar-refractivity contribution in [3.05, 3.63) is 46.8 Å². The Balaban J connectivity index is 1.47. The zero-order valence-corrected chi connectivity index (χ0v) is 24.6. The lowest BCUT2D eigenvalue weighted by Crippen LogP contribution is -2.43. The number of ether oxygens (including phenoxy) is 2. The maximum absolute atomic E-state index is 13.4. The molecule has 1 aliphatic carbocycles. The zero-order valence-electron chi connectivity index (χ0n) is 24.6. The van der Waals surface area contributed by atoms with Gasteiger partial charge in [-0.25, -0.2) is 14.8 Å². The van der Waals surface area contributed by atoms with Crippen molar-refractivity contribution in [2.24, 2.45) is 7.05 Å². The predicted octanol–water partition coefficient (Wildman–Crippen LogP) is 4.35. The van der Waals surface area contributed by atoms with Crippen molar-refractivity contribution in [2.75, 3.05) is 32.1 Å². The van der Waals surface area contributed by atoms with E-state index in [1.54, 1.807) is 24.9 Å². The molecule has 2 aromatic heterocycles. The van der Waals surface area contributed by atoms with Gasteiger partial charge in [-0.3, -0.25) is 9.48 Å². The summed E-state index contributed by atoms with van der Waals surface area (Å²) in [6.45, 7) is 7.51. The average molecular weight is 602 g/mol. The van der Waals surface area contributed by atoms with Crippen molar-refractivity contribution in [2.45, 2.75) is 57.9 Å². The van der Waals surface area contributed by atoms with Gasteiger partial charge in [-0.15, -0.1) is 13.2 Å². The number of likely N-dealkylation sites (tertiary alicyclic amines) is 1. The number of rotatable bonds is 7. The topological polar surface area (TPSA) is 123 Å². The molecule has 1 fully saturated rings. The van der Waals surface area contributed by atoms with Crippen LogP contribution < -0.4 is 15.4 Å². The first-order valence-corrected chi connectivity index (χ1v) is 14.0. The Hall–Kier alpha value is -4.20. The van der Waals surface area contributed by atoms with E-state index in [4.69, 9.17) is 4.74 Å². The lowest BCUT2D eigenvalue weighted by molar-refractivity contribution is -0.274. The molecule has 3 aromatic rings. The zero-order chi connectivity index (χ0) is 31.1. The normalized spacial score (nSPS) is 16.7. The molecular weight excluding hydrogens is 567 g/mol. The number of aryl methyl sites for hydroxylation is 1. The maximum Gasteiger partial charge on any atom is 0.573 e. The number of esters is 1. The second-order valence-corrected chi connectivity index (χ2v) is 11.5. The van der Waals surface area contributed by atoms with E-state index in [0.29, 0.717) is 23.4 Å². The first kappa shape index (κ1) is 30.3. The van der Waals surface area contributed by atoms with E-state index in [2.05, 4.69) is 35.3 Å². The molecule has 0 radical (unpaired) electrons. The second-order valence-electron chi connectivity index (χ2n) is 11.5. The summed E-state index contributed by atoms with van der Waals surface area (Å²) in [6.07, 6.45) is -1.41. The quantitative estimate of drug-likeness (QED) is 0.381. The van der Waals surface area contributed by atoms with Crippen LogP contribution >= 0.6 is 0 Å². The summed E-state index contributed by atoms with van der Waals surface area (Å²) < 4.78 is 51.3. The summed E-state index contributed by atoms with van der Waals surface area (Å²) in [5.41, 5.74) is 2.21. The Morgan fingerprint density at radius 1 is 1.16 bits per heavy atom. The minimum absolute atomic E-state index is 0.00293. The van der Waals surface area contributed by atoms with Gasteiger partial charge < -0.3 is 25.0 Å². The number of alkyl halides is 3. The number of hydrogen-bond acceptors (Lipinski definition) is 9. The third-order valence-electron chi connectivity index (χ3n) is 7.74. The number of aromatic nitrogens is 4. The summed E-state index contributed by atoms with van der Waals surface area (Å²) in [5.74, 6) is -1.63. The van der Waals surface area contributed by atoms with E-state index in [1.165, 1.54) is 12.1 Å². The molecule has 0 unspecified atom stereocenters. The maximum atomic E-state index is 13.4. The number of fused-ring (bicyclic) bond motifs is 3. The monoisotopic (exact) mass is 601 g/mol. The highest BCUT2D eigenvalue weighted by Crippen LogP contribution is 2.43. The number of carbonyl (C=O) groups excluding carboxylic acids is 2. The van der Waals surface area contributed by atoms with Crippen molar-refractivity contribution in [3.8, 4) is 17.1 Å². The molecule has 1 aromatic carbocycles. The SMILES string of the molecule is CCOC(=O)c1nn(C)c2c1CC(C)(C)c1cnc(Nc3ccc(C(=O)NC4CCN(C)CC4)cc3OC(F)(F)F)nc1-2. The molecule has 1 aliphatic heterocycles. The van der Waals surface area contributed by atoms with Crippen molar-refractivity contribution in [1.82, 2.24) is 30.0 Å². The number of piperidine rings is 1. The van der Waals surface area contributed by atoms with Gasteiger partial charge in [0.2, 0.25) is 5.95 Å². The van der Waals surface area contributed by atoms with Crippen molar-refractivity contribution < 1.29 is 32.2 Å². The van der Waals surface area contributed by atoms with Crippen LogP contribution in [0.1, 0.15) is 65.6 Å². The van der Waals surface area contributed by atoms with E-state index in [0.717, 1.165) is 37.6 Å². The van der Waals surface area contributed by atoms with Crippen molar-refractivity contribution in [3.63, 3.8) is 0 Å². The molecule has 0 spiro atoms. The van der Waals surface area contributed by atoms with Crippen LogP contribution in [0.3, 0.4) is 0 Å². The fourth-order valence-electron chi connectivity index (χ4n) is 5.57. The molecule has 2 N–H and O–H groups in total. The molecule has 0 saturated carbocycles. The molecule has 43 heavy (non-hydrogen) atoms. The van der Waals surface area contributed by atoms with Crippen LogP contribution in [0.4, 0.5) is 24.8 Å². The minimum Gasteiger partial charge on any atom is -0.461 e. The Bertz CT molecular complexity index is 1550. The van der Waals surface area contributed by atoms with Crippen LogP contribution in [0.25, 0.3) is 11.4 Å². The third kappa shape index (κ3) is 6.43. The van der Waals surface area contributed by atoms with Crippen LogP contribution in [-0.2, 0) is 23.6 Å². The van der Waals surface area contributed by atoms with Gasteiger partial charge in [-0.05, 0) is 69.9 Å². The molecule has 14 heteroatoms. The number of carbonyl (C=O) groups is 2. The molecule has 5 rings (SSSR count). The lowest BCUT2D eigenvalue weighted by Gasteiger charge is -2.31. The minimum atomic E-state index is -5.01. The van der Waals surface area contributed by atoms with E-state index in [1.807, 2.05) is 20.9 Å². The largest absolute Gasteiger partial charge is 0.573 e. The lowest BCUT2D eigenvalue weighted by atomic mass is 9.73. The van der Waals surface area contributed by atoms with E-state index in [-0.39, 0.29) is 35.5 Å². The summed E-state index contributed by atoms with van der Waals surface area (Å²) in [5, 5.41) is 10.1. The summed E-state index contributed by atoms with van der Waals surface area (Å²) in [4.78, 5) is 36.7. The highest BCUT2D eigenvalue weighted by Gasteiger charge is 2.39. The standard InChI is InChI=1S/C29H34F3N7O4/c1-6-42-26(41)22-18-14-28(2,3)19-15-33-27(36-23(19)24(18)39(5)37-22)35-20-8-7-16(13-21(20)43-29(30,31)32)25(40)34-17-9-11-38(4)12-10-17/h7-8,13,15,17H,6,9-12,14H2,1-5H3,(H,34,40)(H,33,35,36). The first-order valence-electron chi connectivity index (χ1n) is 14.0. The van der Waals surface area contributed by atoms with Gasteiger partial charge in [0.15, 0.2) is 11.4 Å². The molecule has 1 amide bonds. The molecule has 230 valence electrons. The van der Waals surface area contributed by atoms with Crippen LogP contribution in [0.2, 0.25) is 0 Å². The fraction of sp³-hybridized carbons (Fsp3) is 0.483. The molecule has 3 heterocycles. The summed E-state index contributed by atoms with van der Waals surface area (Å²) in [7, 11) is 3.68. The Kier molecular flexibility index (Phi) is 8.07. The number of amides is 1. The molecular formula is C29H34F3N7O4. The number of halogens is 3. The highest BCUT2D eigenvalue weighted by atomic mass is 19.4. The summed E-state index contributed by atoms with van der Waals surface area (Å²) >= 11 is 0. The Morgan fingerprint density at radius 3 is 2.56 bits per heavy atom. The van der Waals surface area contributed by atoms with Crippen molar-refractivity contribution in [1.29, 1.82) is 0 Å². The van der Waals surface area contributed by atoms with E-state index in [9.17, 15) is 22.8 Å². The second kappa shape index (κ2) is 11.5. The summed E-state index contributed by atoms with van der Waals surface area (Å²) in [6, 6.07) is 3.73. The Labute approximate surface area is 246 Å². The van der Waals surface area contributed by atoms with Crippen LogP contribution in [0.5, 0.6) is 5.75 Å². The van der Waals surface area contributed by atoms with Gasteiger partial charge in [-0.2, -0.15) is 5.10 Å².